The van der Waals surface area contributed by atoms with Gasteiger partial charge in [-0.3, -0.25) is 0 Å². The van der Waals surface area contributed by atoms with Crippen molar-refractivity contribution in [1.82, 2.24) is 10.3 Å². The van der Waals surface area contributed by atoms with Crippen LogP contribution in [0.5, 0.6) is 0 Å². The SMILES string of the molecule is CCC(C)c1cnc(CNC(C)(C)C)o1. The van der Waals surface area contributed by atoms with Gasteiger partial charge in [-0.25, -0.2) is 4.98 Å². The van der Waals surface area contributed by atoms with Gasteiger partial charge < -0.3 is 9.73 Å². The monoisotopic (exact) mass is 210 g/mol. The topological polar surface area (TPSA) is 38.1 Å². The molecule has 1 aromatic rings. The molecule has 0 radical (unpaired) electrons. The number of aromatic nitrogens is 1. The van der Waals surface area contributed by atoms with E-state index in [-0.39, 0.29) is 5.54 Å². The molecule has 1 rings (SSSR count). The van der Waals surface area contributed by atoms with Crippen LogP contribution in [0.1, 0.15) is 58.6 Å². The van der Waals surface area contributed by atoms with Gasteiger partial charge in [-0.05, 0) is 27.2 Å². The minimum atomic E-state index is 0.102. The molecule has 1 heterocycles. The lowest BCUT2D eigenvalue weighted by molar-refractivity contribution is 0.364. The number of nitrogens with one attached hydrogen (secondary N) is 1. The van der Waals surface area contributed by atoms with E-state index >= 15 is 0 Å². The summed E-state index contributed by atoms with van der Waals surface area (Å²) in [6.45, 7) is 11.4. The highest BCUT2D eigenvalue weighted by Gasteiger charge is 2.13. The summed E-state index contributed by atoms with van der Waals surface area (Å²) in [6.07, 6.45) is 2.93. The van der Waals surface area contributed by atoms with Crippen LogP contribution in [-0.2, 0) is 6.54 Å². The largest absolute Gasteiger partial charge is 0.444 e. The molecule has 3 nitrogen and oxygen atoms in total. The van der Waals surface area contributed by atoms with Gasteiger partial charge in [-0.2, -0.15) is 0 Å². The molecule has 1 unspecified atom stereocenters. The van der Waals surface area contributed by atoms with Crippen LogP contribution in [0.15, 0.2) is 10.6 Å². The van der Waals surface area contributed by atoms with Crippen molar-refractivity contribution < 1.29 is 4.42 Å². The molecule has 3 heteroatoms. The highest BCUT2D eigenvalue weighted by Crippen LogP contribution is 2.19. The second-order valence-electron chi connectivity index (χ2n) is 5.07. The first kappa shape index (κ1) is 12.2. The summed E-state index contributed by atoms with van der Waals surface area (Å²) in [7, 11) is 0. The average Bonchev–Trinajstić information content (AvgIpc) is 2.61. The van der Waals surface area contributed by atoms with Crippen molar-refractivity contribution in [2.24, 2.45) is 0 Å². The Kier molecular flexibility index (Phi) is 3.91. The molecule has 0 bridgehead atoms. The molecular weight excluding hydrogens is 188 g/mol. The van der Waals surface area contributed by atoms with E-state index in [0.717, 1.165) is 18.1 Å². The molecule has 15 heavy (non-hydrogen) atoms. The quantitative estimate of drug-likeness (QED) is 0.830. The van der Waals surface area contributed by atoms with Gasteiger partial charge in [-0.1, -0.05) is 13.8 Å². The van der Waals surface area contributed by atoms with Gasteiger partial charge in [0.05, 0.1) is 12.7 Å². The normalized spacial score (nSPS) is 14.2. The minimum Gasteiger partial charge on any atom is -0.444 e. The molecule has 0 saturated heterocycles. The maximum absolute atomic E-state index is 5.66. The third-order valence-corrected chi connectivity index (χ3v) is 2.44. The van der Waals surface area contributed by atoms with Crippen molar-refractivity contribution in [3.63, 3.8) is 0 Å². The highest BCUT2D eigenvalue weighted by molar-refractivity contribution is 5.00. The molecular formula is C12H22N2O. The number of rotatable bonds is 4. The Morgan fingerprint density at radius 2 is 2.13 bits per heavy atom. The first-order valence-electron chi connectivity index (χ1n) is 5.62. The molecule has 1 atom stereocenters. The fraction of sp³-hybridized carbons (Fsp3) is 0.750. The summed E-state index contributed by atoms with van der Waals surface area (Å²) in [5, 5.41) is 3.35. The summed E-state index contributed by atoms with van der Waals surface area (Å²) >= 11 is 0. The van der Waals surface area contributed by atoms with E-state index in [0.29, 0.717) is 12.5 Å². The maximum Gasteiger partial charge on any atom is 0.208 e. The van der Waals surface area contributed by atoms with Crippen LogP contribution in [0.25, 0.3) is 0 Å². The smallest absolute Gasteiger partial charge is 0.208 e. The fourth-order valence-corrected chi connectivity index (χ4v) is 1.18. The van der Waals surface area contributed by atoms with Crippen LogP contribution in [0.2, 0.25) is 0 Å². The van der Waals surface area contributed by atoms with Gasteiger partial charge in [0.1, 0.15) is 5.76 Å². The molecule has 1 aromatic heterocycles. The molecule has 0 spiro atoms. The van der Waals surface area contributed by atoms with Crippen molar-refractivity contribution in [3.8, 4) is 0 Å². The van der Waals surface area contributed by atoms with E-state index < -0.39 is 0 Å². The molecule has 0 aliphatic rings. The standard InChI is InChI=1S/C12H22N2O/c1-6-9(2)10-7-13-11(15-10)8-14-12(3,4)5/h7,9,14H,6,8H2,1-5H3. The van der Waals surface area contributed by atoms with Crippen LogP contribution >= 0.6 is 0 Å². The second kappa shape index (κ2) is 4.79. The van der Waals surface area contributed by atoms with Crippen LogP contribution in [-0.4, -0.2) is 10.5 Å². The Bertz CT molecular complexity index is 299. The minimum absolute atomic E-state index is 0.102. The third-order valence-electron chi connectivity index (χ3n) is 2.44. The fourth-order valence-electron chi connectivity index (χ4n) is 1.18. The van der Waals surface area contributed by atoms with E-state index in [2.05, 4.69) is 44.9 Å². The number of hydrogen-bond acceptors (Lipinski definition) is 3. The summed E-state index contributed by atoms with van der Waals surface area (Å²) in [5.74, 6) is 2.23. The van der Waals surface area contributed by atoms with Crippen LogP contribution < -0.4 is 5.32 Å². The summed E-state index contributed by atoms with van der Waals surface area (Å²) in [4.78, 5) is 4.26. The van der Waals surface area contributed by atoms with Gasteiger partial charge in [0.2, 0.25) is 5.89 Å². The van der Waals surface area contributed by atoms with Crippen molar-refractivity contribution >= 4 is 0 Å². The van der Waals surface area contributed by atoms with Gasteiger partial charge in [0.15, 0.2) is 0 Å². The summed E-state index contributed by atoms with van der Waals surface area (Å²) in [6, 6.07) is 0. The lowest BCUT2D eigenvalue weighted by atomic mass is 10.1. The van der Waals surface area contributed by atoms with Crippen molar-refractivity contribution in [2.75, 3.05) is 0 Å². The van der Waals surface area contributed by atoms with E-state index in [4.69, 9.17) is 4.42 Å². The maximum atomic E-state index is 5.66. The van der Waals surface area contributed by atoms with Crippen LogP contribution in [0.3, 0.4) is 0 Å². The van der Waals surface area contributed by atoms with Gasteiger partial charge in [-0.15, -0.1) is 0 Å². The number of oxazole rings is 1. The lowest BCUT2D eigenvalue weighted by Gasteiger charge is -2.18. The Morgan fingerprint density at radius 1 is 1.47 bits per heavy atom. The predicted octanol–water partition coefficient (Wildman–Crippen LogP) is 3.08. The lowest BCUT2D eigenvalue weighted by Crippen LogP contribution is -2.35. The Balaban J connectivity index is 2.53. The Hall–Kier alpha value is -0.830. The number of nitrogens with zero attached hydrogens (tertiary/aromatic N) is 1. The van der Waals surface area contributed by atoms with E-state index in [9.17, 15) is 0 Å². The average molecular weight is 210 g/mol. The molecule has 0 aromatic carbocycles. The van der Waals surface area contributed by atoms with Crippen molar-refractivity contribution in [1.29, 1.82) is 0 Å². The summed E-state index contributed by atoms with van der Waals surface area (Å²) < 4.78 is 5.66. The third kappa shape index (κ3) is 4.04. The zero-order chi connectivity index (χ0) is 11.5. The second-order valence-corrected chi connectivity index (χ2v) is 5.07. The van der Waals surface area contributed by atoms with E-state index in [1.807, 2.05) is 6.20 Å². The Morgan fingerprint density at radius 3 is 2.67 bits per heavy atom. The molecule has 0 fully saturated rings. The molecule has 1 N–H and O–H groups in total. The highest BCUT2D eigenvalue weighted by atomic mass is 16.4. The van der Waals surface area contributed by atoms with Crippen LogP contribution in [0, 0.1) is 0 Å². The van der Waals surface area contributed by atoms with Gasteiger partial charge in [0.25, 0.3) is 0 Å². The van der Waals surface area contributed by atoms with Gasteiger partial charge >= 0.3 is 0 Å². The van der Waals surface area contributed by atoms with E-state index in [1.54, 1.807) is 0 Å². The zero-order valence-electron chi connectivity index (χ0n) is 10.4. The predicted molar refractivity (Wildman–Crippen MR) is 61.8 cm³/mol. The Labute approximate surface area is 92.3 Å². The summed E-state index contributed by atoms with van der Waals surface area (Å²) in [5.41, 5.74) is 0.102. The van der Waals surface area contributed by atoms with Crippen molar-refractivity contribution in [3.05, 3.63) is 17.8 Å². The molecule has 0 aliphatic heterocycles. The molecule has 0 amide bonds. The zero-order valence-corrected chi connectivity index (χ0v) is 10.4. The first-order valence-corrected chi connectivity index (χ1v) is 5.62. The molecule has 86 valence electrons. The first-order chi connectivity index (χ1) is 6.92. The van der Waals surface area contributed by atoms with E-state index in [1.165, 1.54) is 0 Å². The molecule has 0 saturated carbocycles. The van der Waals surface area contributed by atoms with Gasteiger partial charge in [0, 0.05) is 11.5 Å². The molecule has 0 aliphatic carbocycles. The number of hydrogen-bond donors (Lipinski definition) is 1. The van der Waals surface area contributed by atoms with Crippen LogP contribution in [0.4, 0.5) is 0 Å². The van der Waals surface area contributed by atoms with Crippen molar-refractivity contribution in [2.45, 2.75) is 59.0 Å².